The molecule has 2 aromatic heterocycles. The Balaban J connectivity index is 1.63. The Labute approximate surface area is 148 Å². The molecule has 2 N–H and O–H groups in total. The van der Waals surface area contributed by atoms with Gasteiger partial charge < -0.3 is 19.7 Å². The maximum Gasteiger partial charge on any atom is 0.213 e. The Kier molecular flexibility index (Phi) is 6.38. The lowest BCUT2D eigenvalue weighted by Crippen LogP contribution is -2.27. The fraction of sp³-hybridized carbons (Fsp3) is 0.556. The molecule has 3 heterocycles. The first-order valence-corrected chi connectivity index (χ1v) is 8.83. The molecule has 1 saturated heterocycles. The maximum absolute atomic E-state index is 5.93. The third-order valence-electron chi connectivity index (χ3n) is 4.37. The van der Waals surface area contributed by atoms with E-state index in [2.05, 4.69) is 32.4 Å². The van der Waals surface area contributed by atoms with Gasteiger partial charge in [0.2, 0.25) is 5.88 Å². The van der Waals surface area contributed by atoms with Crippen molar-refractivity contribution in [3.63, 3.8) is 0 Å². The number of likely N-dealkylation sites (N-methyl/N-ethyl adjacent to an activating group) is 2. The number of hydrogen-bond acceptors (Lipinski definition) is 6. The van der Waals surface area contributed by atoms with Gasteiger partial charge in [-0.2, -0.15) is 5.10 Å². The minimum Gasteiger partial charge on any atom is -0.474 e. The van der Waals surface area contributed by atoms with Gasteiger partial charge in [0.05, 0.1) is 18.9 Å². The highest BCUT2D eigenvalue weighted by Crippen LogP contribution is 2.24. The van der Waals surface area contributed by atoms with Crippen LogP contribution in [0.3, 0.4) is 0 Å². The molecule has 0 amide bonds. The van der Waals surface area contributed by atoms with Crippen LogP contribution in [0.1, 0.15) is 18.4 Å². The lowest BCUT2D eigenvalue weighted by molar-refractivity contribution is 0.0237. The molecule has 0 atom stereocenters. The van der Waals surface area contributed by atoms with Gasteiger partial charge >= 0.3 is 0 Å². The van der Waals surface area contributed by atoms with E-state index in [-0.39, 0.29) is 6.10 Å². The van der Waals surface area contributed by atoms with Gasteiger partial charge in [0, 0.05) is 62.1 Å². The zero-order valence-corrected chi connectivity index (χ0v) is 15.0. The molecule has 3 rings (SSSR count). The van der Waals surface area contributed by atoms with Crippen molar-refractivity contribution in [2.75, 3.05) is 40.4 Å². The van der Waals surface area contributed by atoms with E-state index < -0.39 is 0 Å². The molecule has 7 nitrogen and oxygen atoms in total. The molecule has 1 aliphatic rings. The molecule has 0 radical (unpaired) electrons. The van der Waals surface area contributed by atoms with Crippen molar-refractivity contribution in [3.8, 4) is 17.1 Å². The summed E-state index contributed by atoms with van der Waals surface area (Å²) in [6.45, 7) is 4.31. The van der Waals surface area contributed by atoms with Gasteiger partial charge in [-0.25, -0.2) is 4.98 Å². The van der Waals surface area contributed by atoms with Crippen LogP contribution in [0.25, 0.3) is 11.3 Å². The summed E-state index contributed by atoms with van der Waals surface area (Å²) in [5, 5.41) is 10.5. The Morgan fingerprint density at radius 3 is 2.92 bits per heavy atom. The fourth-order valence-electron chi connectivity index (χ4n) is 2.91. The number of nitrogens with zero attached hydrogens (tertiary/aromatic N) is 3. The van der Waals surface area contributed by atoms with Crippen LogP contribution >= 0.6 is 0 Å². The predicted octanol–water partition coefficient (Wildman–Crippen LogP) is 1.68. The standard InChI is InChI=1S/C18H27N5O2/c1-19-7-8-23(2)13-15-12-21-22-18(15)14-3-4-17(20-11-14)25-16-5-9-24-10-6-16/h3-4,11-12,16,19H,5-10,13H2,1-2H3,(H,21,22). The van der Waals surface area contributed by atoms with E-state index in [1.807, 2.05) is 31.6 Å². The number of ether oxygens (including phenoxy) is 2. The van der Waals surface area contributed by atoms with E-state index in [1.165, 1.54) is 5.56 Å². The lowest BCUT2D eigenvalue weighted by atomic mass is 10.1. The van der Waals surface area contributed by atoms with Crippen molar-refractivity contribution >= 4 is 0 Å². The molecule has 1 fully saturated rings. The zero-order chi connectivity index (χ0) is 17.5. The van der Waals surface area contributed by atoms with E-state index >= 15 is 0 Å². The van der Waals surface area contributed by atoms with Gasteiger partial charge in [-0.3, -0.25) is 5.10 Å². The maximum atomic E-state index is 5.93. The second-order valence-electron chi connectivity index (χ2n) is 6.42. The van der Waals surface area contributed by atoms with Crippen LogP contribution in [0.15, 0.2) is 24.5 Å². The van der Waals surface area contributed by atoms with Crippen LogP contribution < -0.4 is 10.1 Å². The van der Waals surface area contributed by atoms with Crippen molar-refractivity contribution in [2.24, 2.45) is 0 Å². The van der Waals surface area contributed by atoms with E-state index in [0.29, 0.717) is 5.88 Å². The highest BCUT2D eigenvalue weighted by atomic mass is 16.5. The third kappa shape index (κ3) is 5.01. The van der Waals surface area contributed by atoms with Crippen molar-refractivity contribution < 1.29 is 9.47 Å². The summed E-state index contributed by atoms with van der Waals surface area (Å²) in [7, 11) is 4.07. The highest BCUT2D eigenvalue weighted by Gasteiger charge is 2.16. The van der Waals surface area contributed by atoms with Gasteiger partial charge in [0.1, 0.15) is 6.10 Å². The van der Waals surface area contributed by atoms with Crippen molar-refractivity contribution in [1.82, 2.24) is 25.4 Å². The Morgan fingerprint density at radius 1 is 1.36 bits per heavy atom. The molecule has 0 unspecified atom stereocenters. The molecule has 25 heavy (non-hydrogen) atoms. The van der Waals surface area contributed by atoms with Gasteiger partial charge in [0.25, 0.3) is 0 Å². The number of aromatic nitrogens is 3. The molecule has 0 aliphatic carbocycles. The van der Waals surface area contributed by atoms with Gasteiger partial charge in [-0.1, -0.05) is 0 Å². The molecule has 136 valence electrons. The third-order valence-corrected chi connectivity index (χ3v) is 4.37. The fourth-order valence-corrected chi connectivity index (χ4v) is 2.91. The predicted molar refractivity (Wildman–Crippen MR) is 96.5 cm³/mol. The summed E-state index contributed by atoms with van der Waals surface area (Å²) in [4.78, 5) is 6.72. The Morgan fingerprint density at radius 2 is 2.20 bits per heavy atom. The van der Waals surface area contributed by atoms with Crippen LogP contribution in [-0.4, -0.2) is 66.6 Å². The zero-order valence-electron chi connectivity index (χ0n) is 15.0. The Hall–Kier alpha value is -1.96. The lowest BCUT2D eigenvalue weighted by Gasteiger charge is -2.22. The van der Waals surface area contributed by atoms with Crippen LogP contribution in [0.5, 0.6) is 5.88 Å². The number of nitrogens with one attached hydrogen (secondary N) is 2. The van der Waals surface area contributed by atoms with Crippen molar-refractivity contribution in [3.05, 3.63) is 30.1 Å². The van der Waals surface area contributed by atoms with Crippen LogP contribution in [0.2, 0.25) is 0 Å². The second-order valence-corrected chi connectivity index (χ2v) is 6.42. The smallest absolute Gasteiger partial charge is 0.213 e. The van der Waals surface area contributed by atoms with Crippen molar-refractivity contribution in [1.29, 1.82) is 0 Å². The first-order chi connectivity index (χ1) is 12.3. The monoisotopic (exact) mass is 345 g/mol. The molecular weight excluding hydrogens is 318 g/mol. The summed E-state index contributed by atoms with van der Waals surface area (Å²) in [5.41, 5.74) is 3.11. The molecule has 0 bridgehead atoms. The normalized spacial score (nSPS) is 15.6. The first-order valence-electron chi connectivity index (χ1n) is 8.83. The van der Waals surface area contributed by atoms with Crippen LogP contribution in [0.4, 0.5) is 0 Å². The summed E-state index contributed by atoms with van der Waals surface area (Å²) in [6.07, 6.45) is 5.84. The Bertz CT molecular complexity index is 637. The average molecular weight is 345 g/mol. The molecule has 2 aromatic rings. The number of pyridine rings is 1. The second kappa shape index (κ2) is 8.94. The highest BCUT2D eigenvalue weighted by molar-refractivity contribution is 5.61. The molecule has 0 aromatic carbocycles. The molecule has 0 saturated carbocycles. The average Bonchev–Trinajstić information content (AvgIpc) is 3.09. The van der Waals surface area contributed by atoms with Gasteiger partial charge in [0.15, 0.2) is 0 Å². The number of rotatable bonds is 8. The van der Waals surface area contributed by atoms with Gasteiger partial charge in [-0.05, 0) is 20.2 Å². The SMILES string of the molecule is CNCCN(C)Cc1c[nH]nc1-c1ccc(OC2CCOCC2)nc1. The van der Waals surface area contributed by atoms with E-state index in [1.54, 1.807) is 0 Å². The van der Waals surface area contributed by atoms with E-state index in [9.17, 15) is 0 Å². The molecule has 7 heteroatoms. The molecule has 0 spiro atoms. The summed E-state index contributed by atoms with van der Waals surface area (Å²) in [5.74, 6) is 0.666. The van der Waals surface area contributed by atoms with Crippen LogP contribution in [0, 0.1) is 0 Å². The minimum atomic E-state index is 0.203. The van der Waals surface area contributed by atoms with Crippen LogP contribution in [-0.2, 0) is 11.3 Å². The van der Waals surface area contributed by atoms with E-state index in [4.69, 9.17) is 9.47 Å². The minimum absolute atomic E-state index is 0.203. The summed E-state index contributed by atoms with van der Waals surface area (Å²) >= 11 is 0. The largest absolute Gasteiger partial charge is 0.474 e. The quantitative estimate of drug-likeness (QED) is 0.758. The van der Waals surface area contributed by atoms with Gasteiger partial charge in [-0.15, -0.1) is 0 Å². The first kappa shape index (κ1) is 17.8. The molecule has 1 aliphatic heterocycles. The topological polar surface area (TPSA) is 75.3 Å². The molecular formula is C18H27N5O2. The summed E-state index contributed by atoms with van der Waals surface area (Å²) < 4.78 is 11.3. The van der Waals surface area contributed by atoms with E-state index in [0.717, 1.165) is 56.9 Å². The number of hydrogen-bond donors (Lipinski definition) is 2. The summed E-state index contributed by atoms with van der Waals surface area (Å²) in [6, 6.07) is 3.95. The van der Waals surface area contributed by atoms with Crippen molar-refractivity contribution in [2.45, 2.75) is 25.5 Å². The number of H-pyrrole nitrogens is 1. The number of aromatic amines is 1.